The van der Waals surface area contributed by atoms with Gasteiger partial charge in [0.2, 0.25) is 10.0 Å². The zero-order chi connectivity index (χ0) is 13.2. The van der Waals surface area contributed by atoms with E-state index in [1.54, 1.807) is 6.07 Å². The van der Waals surface area contributed by atoms with E-state index in [2.05, 4.69) is 10.0 Å². The maximum absolute atomic E-state index is 12.2. The van der Waals surface area contributed by atoms with Crippen molar-refractivity contribution in [2.24, 2.45) is 0 Å². The second-order valence-electron chi connectivity index (χ2n) is 4.20. The molecule has 4 nitrogen and oxygen atoms in total. The molecule has 0 unspecified atom stereocenters. The standard InChI is InChI=1S/C11H14Cl2N2O2S.ClH/c12-9-2-1-3-10(13)11(9)18(16,17)15-8-4-6-14-7-5-8;/h1-3,8,14-15H,4-7H2;1H. The van der Waals surface area contributed by atoms with Gasteiger partial charge in [-0.15, -0.1) is 12.4 Å². The first-order chi connectivity index (χ1) is 8.50. The summed E-state index contributed by atoms with van der Waals surface area (Å²) in [4.78, 5) is -0.0353. The molecule has 8 heteroatoms. The number of nitrogens with one attached hydrogen (secondary N) is 2. The van der Waals surface area contributed by atoms with Crippen LogP contribution in [0.3, 0.4) is 0 Å². The van der Waals surface area contributed by atoms with Crippen LogP contribution in [0.1, 0.15) is 12.8 Å². The van der Waals surface area contributed by atoms with E-state index in [1.807, 2.05) is 0 Å². The van der Waals surface area contributed by atoms with Crippen LogP contribution in [-0.2, 0) is 10.0 Å². The van der Waals surface area contributed by atoms with Crippen LogP contribution < -0.4 is 10.0 Å². The van der Waals surface area contributed by atoms with E-state index in [0.717, 1.165) is 25.9 Å². The van der Waals surface area contributed by atoms with Crippen molar-refractivity contribution in [3.63, 3.8) is 0 Å². The lowest BCUT2D eigenvalue weighted by molar-refractivity contribution is 0.427. The Kier molecular flexibility index (Phi) is 6.36. The smallest absolute Gasteiger partial charge is 0.243 e. The molecular formula is C11H15Cl3N2O2S. The Morgan fingerprint density at radius 1 is 1.16 bits per heavy atom. The van der Waals surface area contributed by atoms with Crippen molar-refractivity contribution < 1.29 is 8.42 Å². The van der Waals surface area contributed by atoms with Gasteiger partial charge in [0.25, 0.3) is 0 Å². The molecule has 2 rings (SSSR count). The third kappa shape index (κ3) is 4.21. The Hall–Kier alpha value is -0.0400. The normalized spacial score (nSPS) is 16.9. The lowest BCUT2D eigenvalue weighted by Gasteiger charge is -2.23. The van der Waals surface area contributed by atoms with Crippen LogP contribution in [0, 0.1) is 0 Å². The van der Waals surface area contributed by atoms with Gasteiger partial charge < -0.3 is 5.32 Å². The highest BCUT2D eigenvalue weighted by Gasteiger charge is 2.25. The highest BCUT2D eigenvalue weighted by molar-refractivity contribution is 7.89. The van der Waals surface area contributed by atoms with Gasteiger partial charge >= 0.3 is 0 Å². The molecule has 1 saturated heterocycles. The van der Waals surface area contributed by atoms with E-state index >= 15 is 0 Å². The van der Waals surface area contributed by atoms with Gasteiger partial charge in [0.15, 0.2) is 0 Å². The summed E-state index contributed by atoms with van der Waals surface area (Å²) in [5, 5.41) is 3.46. The highest BCUT2D eigenvalue weighted by Crippen LogP contribution is 2.29. The molecule has 0 saturated carbocycles. The number of hydrogen-bond donors (Lipinski definition) is 2. The van der Waals surface area contributed by atoms with Gasteiger partial charge in [-0.05, 0) is 38.1 Å². The summed E-state index contributed by atoms with van der Waals surface area (Å²) < 4.78 is 27.1. The molecule has 1 fully saturated rings. The lowest BCUT2D eigenvalue weighted by Crippen LogP contribution is -2.42. The molecule has 1 heterocycles. The highest BCUT2D eigenvalue weighted by atomic mass is 35.5. The summed E-state index contributed by atoms with van der Waals surface area (Å²) in [5.41, 5.74) is 0. The van der Waals surface area contributed by atoms with Crippen LogP contribution >= 0.6 is 35.6 Å². The average molecular weight is 346 g/mol. The third-order valence-electron chi connectivity index (χ3n) is 2.85. The molecule has 0 atom stereocenters. The number of benzene rings is 1. The number of piperidine rings is 1. The van der Waals surface area contributed by atoms with Gasteiger partial charge in [0.1, 0.15) is 4.90 Å². The lowest BCUT2D eigenvalue weighted by atomic mass is 10.1. The Balaban J connectivity index is 0.00000180. The van der Waals surface area contributed by atoms with E-state index in [0.29, 0.717) is 0 Å². The number of hydrogen-bond acceptors (Lipinski definition) is 3. The largest absolute Gasteiger partial charge is 0.317 e. The Morgan fingerprint density at radius 3 is 2.21 bits per heavy atom. The van der Waals surface area contributed by atoms with Crippen molar-refractivity contribution in [3.8, 4) is 0 Å². The van der Waals surface area contributed by atoms with Crippen LogP contribution in [0.15, 0.2) is 23.1 Å². The van der Waals surface area contributed by atoms with E-state index in [4.69, 9.17) is 23.2 Å². The summed E-state index contributed by atoms with van der Waals surface area (Å²) in [6, 6.07) is 4.59. The van der Waals surface area contributed by atoms with Gasteiger partial charge in [-0.2, -0.15) is 0 Å². The first-order valence-corrected chi connectivity index (χ1v) is 7.91. The maximum Gasteiger partial charge on any atom is 0.243 e. The monoisotopic (exact) mass is 344 g/mol. The molecule has 108 valence electrons. The second kappa shape index (κ2) is 7.11. The third-order valence-corrected chi connectivity index (χ3v) is 5.32. The molecule has 1 aromatic carbocycles. The Morgan fingerprint density at radius 2 is 1.68 bits per heavy atom. The topological polar surface area (TPSA) is 58.2 Å². The first kappa shape index (κ1) is 17.0. The summed E-state index contributed by atoms with van der Waals surface area (Å²) in [5.74, 6) is 0. The van der Waals surface area contributed by atoms with Crippen LogP contribution in [0.25, 0.3) is 0 Å². The van der Waals surface area contributed by atoms with Crippen molar-refractivity contribution >= 4 is 45.6 Å². The Labute approximate surface area is 129 Å². The van der Waals surface area contributed by atoms with Crippen molar-refractivity contribution in [3.05, 3.63) is 28.2 Å². The fourth-order valence-corrected chi connectivity index (χ4v) is 4.41. The maximum atomic E-state index is 12.2. The predicted molar refractivity (Wildman–Crippen MR) is 79.9 cm³/mol. The molecular weight excluding hydrogens is 331 g/mol. The van der Waals surface area contributed by atoms with Gasteiger partial charge in [-0.1, -0.05) is 29.3 Å². The minimum Gasteiger partial charge on any atom is -0.317 e. The van der Waals surface area contributed by atoms with E-state index in [9.17, 15) is 8.42 Å². The van der Waals surface area contributed by atoms with Crippen molar-refractivity contribution in [2.45, 2.75) is 23.8 Å². The quantitative estimate of drug-likeness (QED) is 0.884. The molecule has 0 aliphatic carbocycles. The van der Waals surface area contributed by atoms with Crippen molar-refractivity contribution in [2.75, 3.05) is 13.1 Å². The van der Waals surface area contributed by atoms with Crippen molar-refractivity contribution in [1.82, 2.24) is 10.0 Å². The zero-order valence-electron chi connectivity index (χ0n) is 10.0. The number of rotatable bonds is 3. The van der Waals surface area contributed by atoms with Crippen LogP contribution in [0.4, 0.5) is 0 Å². The number of halogens is 3. The first-order valence-electron chi connectivity index (χ1n) is 5.68. The molecule has 2 N–H and O–H groups in total. The minimum atomic E-state index is -3.66. The van der Waals surface area contributed by atoms with Crippen LogP contribution in [0.5, 0.6) is 0 Å². The van der Waals surface area contributed by atoms with Crippen LogP contribution in [-0.4, -0.2) is 27.5 Å². The zero-order valence-corrected chi connectivity index (χ0v) is 13.2. The molecule has 0 amide bonds. The molecule has 0 radical (unpaired) electrons. The minimum absolute atomic E-state index is 0. The molecule has 0 spiro atoms. The van der Waals surface area contributed by atoms with Crippen molar-refractivity contribution in [1.29, 1.82) is 0 Å². The molecule has 1 aliphatic heterocycles. The van der Waals surface area contributed by atoms with Gasteiger partial charge in [-0.3, -0.25) is 0 Å². The second-order valence-corrected chi connectivity index (χ2v) is 6.66. The average Bonchev–Trinajstić information content (AvgIpc) is 2.28. The summed E-state index contributed by atoms with van der Waals surface area (Å²) in [6.07, 6.45) is 1.53. The fraction of sp³-hybridized carbons (Fsp3) is 0.455. The molecule has 0 aromatic heterocycles. The molecule has 1 aromatic rings. The number of sulfonamides is 1. The summed E-state index contributed by atoms with van der Waals surface area (Å²) >= 11 is 11.8. The molecule has 19 heavy (non-hydrogen) atoms. The van der Waals surface area contributed by atoms with Gasteiger partial charge in [-0.25, -0.2) is 13.1 Å². The fourth-order valence-electron chi connectivity index (χ4n) is 1.96. The van der Waals surface area contributed by atoms with Gasteiger partial charge in [0, 0.05) is 6.04 Å². The van der Waals surface area contributed by atoms with E-state index in [-0.39, 0.29) is 33.4 Å². The molecule has 0 bridgehead atoms. The summed E-state index contributed by atoms with van der Waals surface area (Å²) in [6.45, 7) is 1.62. The van der Waals surface area contributed by atoms with E-state index in [1.165, 1.54) is 12.1 Å². The predicted octanol–water partition coefficient (Wildman–Crippen LogP) is 2.45. The molecule has 1 aliphatic rings. The summed E-state index contributed by atoms with van der Waals surface area (Å²) in [7, 11) is -3.66. The van der Waals surface area contributed by atoms with Crippen LogP contribution in [0.2, 0.25) is 10.0 Å². The Bertz CT molecular complexity index is 510. The SMILES string of the molecule is Cl.O=S(=O)(NC1CCNCC1)c1c(Cl)cccc1Cl. The van der Waals surface area contributed by atoms with Gasteiger partial charge in [0.05, 0.1) is 10.0 Å². The van der Waals surface area contributed by atoms with E-state index < -0.39 is 10.0 Å².